The predicted octanol–water partition coefficient (Wildman–Crippen LogP) is 3.08. The topological polar surface area (TPSA) is 6.48 Å². The Bertz CT molecular complexity index is 407. The van der Waals surface area contributed by atoms with Crippen LogP contribution in [0.1, 0.15) is 24.3 Å². The molecule has 2 aliphatic rings. The number of likely N-dealkylation sites (N-methyl/N-ethyl adjacent to an activating group) is 1. The van der Waals surface area contributed by atoms with Gasteiger partial charge in [-0.05, 0) is 43.5 Å². The number of benzene rings is 1. The van der Waals surface area contributed by atoms with Crippen molar-refractivity contribution in [2.24, 2.45) is 0 Å². The van der Waals surface area contributed by atoms with Crippen LogP contribution in [0.25, 0.3) is 0 Å². The van der Waals surface area contributed by atoms with Crippen LogP contribution in [-0.2, 0) is 0 Å². The molecule has 1 aromatic carbocycles. The Kier molecular flexibility index (Phi) is 3.14. The van der Waals surface area contributed by atoms with Crippen molar-refractivity contribution in [2.75, 3.05) is 38.1 Å². The van der Waals surface area contributed by atoms with Crippen LogP contribution in [0.5, 0.6) is 0 Å². The van der Waals surface area contributed by atoms with E-state index in [9.17, 15) is 0 Å². The summed E-state index contributed by atoms with van der Waals surface area (Å²) in [4.78, 5) is 4.96. The average Bonchev–Trinajstić information content (AvgIpc) is 3.14. The molecule has 92 valence electrons. The van der Waals surface area contributed by atoms with Gasteiger partial charge in [0.2, 0.25) is 0 Å². The van der Waals surface area contributed by atoms with Crippen molar-refractivity contribution in [3.8, 4) is 0 Å². The van der Waals surface area contributed by atoms with Crippen LogP contribution in [0.15, 0.2) is 22.7 Å². The quantitative estimate of drug-likeness (QED) is 0.827. The Labute approximate surface area is 112 Å². The maximum Gasteiger partial charge on any atom is 0.0413 e. The molecule has 0 amide bonds. The van der Waals surface area contributed by atoms with E-state index in [0.717, 1.165) is 19.0 Å². The average molecular weight is 295 g/mol. The van der Waals surface area contributed by atoms with Crippen LogP contribution in [0, 0.1) is 0 Å². The van der Waals surface area contributed by atoms with Gasteiger partial charge < -0.3 is 9.80 Å². The maximum absolute atomic E-state index is 3.61. The highest BCUT2D eigenvalue weighted by atomic mass is 79.9. The van der Waals surface area contributed by atoms with Crippen molar-refractivity contribution in [3.05, 3.63) is 28.2 Å². The third-order valence-corrected chi connectivity index (χ3v) is 4.35. The minimum absolute atomic E-state index is 0.831. The third-order valence-electron chi connectivity index (χ3n) is 3.85. The first-order valence-electron chi connectivity index (χ1n) is 6.47. The molecular weight excluding hydrogens is 276 g/mol. The molecule has 0 unspecified atom stereocenters. The molecular formula is C14H19BrN2. The zero-order valence-electron chi connectivity index (χ0n) is 10.3. The number of hydrogen-bond acceptors (Lipinski definition) is 2. The van der Waals surface area contributed by atoms with E-state index in [1.165, 1.54) is 36.1 Å². The number of halogens is 1. The van der Waals surface area contributed by atoms with Crippen molar-refractivity contribution in [1.82, 2.24) is 4.90 Å². The lowest BCUT2D eigenvalue weighted by atomic mass is 10.1. The van der Waals surface area contributed by atoms with E-state index < -0.39 is 0 Å². The van der Waals surface area contributed by atoms with Crippen molar-refractivity contribution in [1.29, 1.82) is 0 Å². The van der Waals surface area contributed by atoms with Crippen LogP contribution in [0.4, 0.5) is 5.69 Å². The number of rotatable bonds is 2. The zero-order chi connectivity index (χ0) is 11.8. The maximum atomic E-state index is 3.61. The normalized spacial score (nSPS) is 21.9. The molecule has 0 radical (unpaired) electrons. The zero-order valence-corrected chi connectivity index (χ0v) is 11.9. The number of hydrogen-bond donors (Lipinski definition) is 0. The fraction of sp³-hybridized carbons (Fsp3) is 0.571. The molecule has 1 heterocycles. The van der Waals surface area contributed by atoms with Gasteiger partial charge in [-0.1, -0.05) is 22.0 Å². The second-order valence-corrected chi connectivity index (χ2v) is 6.18. The van der Waals surface area contributed by atoms with Crippen molar-refractivity contribution in [3.63, 3.8) is 0 Å². The summed E-state index contributed by atoms with van der Waals surface area (Å²) in [5.41, 5.74) is 3.03. The molecule has 3 heteroatoms. The van der Waals surface area contributed by atoms with E-state index >= 15 is 0 Å². The highest BCUT2D eigenvalue weighted by Crippen LogP contribution is 2.45. The van der Waals surface area contributed by atoms with Crippen molar-refractivity contribution in [2.45, 2.75) is 18.8 Å². The first kappa shape index (κ1) is 11.5. The summed E-state index contributed by atoms with van der Waals surface area (Å²) >= 11 is 3.61. The fourth-order valence-electron chi connectivity index (χ4n) is 2.58. The van der Waals surface area contributed by atoms with Gasteiger partial charge in [0, 0.05) is 36.3 Å². The first-order chi connectivity index (χ1) is 8.24. The molecule has 0 N–H and O–H groups in total. The molecule has 2 nitrogen and oxygen atoms in total. The monoisotopic (exact) mass is 294 g/mol. The van der Waals surface area contributed by atoms with E-state index in [2.05, 4.69) is 51.0 Å². The van der Waals surface area contributed by atoms with Crippen LogP contribution in [-0.4, -0.2) is 38.1 Å². The Balaban J connectivity index is 1.87. The molecule has 1 aliphatic carbocycles. The number of nitrogens with zero attached hydrogens (tertiary/aromatic N) is 2. The molecule has 0 aromatic heterocycles. The van der Waals surface area contributed by atoms with Crippen molar-refractivity contribution >= 4 is 21.6 Å². The highest BCUT2D eigenvalue weighted by Gasteiger charge is 2.28. The summed E-state index contributed by atoms with van der Waals surface area (Å²) in [7, 11) is 2.21. The molecule has 1 aromatic rings. The van der Waals surface area contributed by atoms with E-state index in [4.69, 9.17) is 0 Å². The number of anilines is 1. The molecule has 0 spiro atoms. The van der Waals surface area contributed by atoms with Gasteiger partial charge in [-0.2, -0.15) is 0 Å². The van der Waals surface area contributed by atoms with Gasteiger partial charge in [-0.15, -0.1) is 0 Å². The standard InChI is InChI=1S/C14H19BrN2/c1-16-6-8-17(9-7-16)14-10-12(15)4-5-13(14)11-2-3-11/h4-5,10-11H,2-3,6-9H2,1H3. The summed E-state index contributed by atoms with van der Waals surface area (Å²) in [6.45, 7) is 4.67. The van der Waals surface area contributed by atoms with E-state index in [1.54, 1.807) is 5.56 Å². The summed E-state index contributed by atoms with van der Waals surface area (Å²) in [6.07, 6.45) is 2.75. The second kappa shape index (κ2) is 4.62. The molecule has 2 fully saturated rings. The Morgan fingerprint density at radius 1 is 1.12 bits per heavy atom. The van der Waals surface area contributed by atoms with E-state index in [-0.39, 0.29) is 0 Å². The van der Waals surface area contributed by atoms with Gasteiger partial charge in [0.1, 0.15) is 0 Å². The first-order valence-corrected chi connectivity index (χ1v) is 7.26. The summed E-state index contributed by atoms with van der Waals surface area (Å²) in [6, 6.07) is 6.81. The fourth-order valence-corrected chi connectivity index (χ4v) is 2.93. The van der Waals surface area contributed by atoms with Crippen LogP contribution in [0.3, 0.4) is 0 Å². The summed E-state index contributed by atoms with van der Waals surface area (Å²) < 4.78 is 1.20. The van der Waals surface area contributed by atoms with Crippen LogP contribution in [0.2, 0.25) is 0 Å². The SMILES string of the molecule is CN1CCN(c2cc(Br)ccc2C2CC2)CC1. The smallest absolute Gasteiger partial charge is 0.0413 e. The molecule has 1 saturated heterocycles. The van der Waals surface area contributed by atoms with Gasteiger partial charge in [0.15, 0.2) is 0 Å². The molecule has 0 bridgehead atoms. The summed E-state index contributed by atoms with van der Waals surface area (Å²) in [5, 5.41) is 0. The van der Waals surface area contributed by atoms with E-state index in [1.807, 2.05) is 0 Å². The lowest BCUT2D eigenvalue weighted by molar-refractivity contribution is 0.312. The van der Waals surface area contributed by atoms with Crippen LogP contribution < -0.4 is 4.90 Å². The lowest BCUT2D eigenvalue weighted by Gasteiger charge is -2.35. The molecule has 3 rings (SSSR count). The van der Waals surface area contributed by atoms with Crippen LogP contribution >= 0.6 is 15.9 Å². The minimum atomic E-state index is 0.831. The van der Waals surface area contributed by atoms with Gasteiger partial charge in [0.25, 0.3) is 0 Å². The molecule has 1 aliphatic heterocycles. The Morgan fingerprint density at radius 3 is 2.47 bits per heavy atom. The molecule has 1 saturated carbocycles. The Hall–Kier alpha value is -0.540. The van der Waals surface area contributed by atoms with E-state index in [0.29, 0.717) is 0 Å². The molecule has 17 heavy (non-hydrogen) atoms. The van der Waals surface area contributed by atoms with Gasteiger partial charge in [-0.25, -0.2) is 0 Å². The molecule has 0 atom stereocenters. The minimum Gasteiger partial charge on any atom is -0.369 e. The third kappa shape index (κ3) is 2.50. The second-order valence-electron chi connectivity index (χ2n) is 5.27. The largest absolute Gasteiger partial charge is 0.369 e. The predicted molar refractivity (Wildman–Crippen MR) is 75.8 cm³/mol. The van der Waals surface area contributed by atoms with Gasteiger partial charge >= 0.3 is 0 Å². The van der Waals surface area contributed by atoms with Gasteiger partial charge in [0.05, 0.1) is 0 Å². The number of piperazine rings is 1. The summed E-state index contributed by atoms with van der Waals surface area (Å²) in [5.74, 6) is 0.831. The lowest BCUT2D eigenvalue weighted by Crippen LogP contribution is -2.44. The highest BCUT2D eigenvalue weighted by molar-refractivity contribution is 9.10. The van der Waals surface area contributed by atoms with Gasteiger partial charge in [-0.3, -0.25) is 0 Å². The Morgan fingerprint density at radius 2 is 1.82 bits per heavy atom. The van der Waals surface area contributed by atoms with Crippen molar-refractivity contribution < 1.29 is 0 Å².